The van der Waals surface area contributed by atoms with E-state index in [4.69, 9.17) is 9.47 Å². The fourth-order valence-electron chi connectivity index (χ4n) is 3.59. The molecule has 2 saturated heterocycles. The predicted molar refractivity (Wildman–Crippen MR) is 90.8 cm³/mol. The molecular weight excluding hydrogens is 318 g/mol. The van der Waals surface area contributed by atoms with Crippen LogP contribution in [0.4, 0.5) is 0 Å². The zero-order chi connectivity index (χ0) is 17.1. The molecule has 0 aliphatic carbocycles. The van der Waals surface area contributed by atoms with Gasteiger partial charge in [0, 0.05) is 42.9 Å². The number of likely N-dealkylation sites (tertiary alicyclic amines) is 1. The second-order valence-corrected chi connectivity index (χ2v) is 6.67. The lowest BCUT2D eigenvalue weighted by Gasteiger charge is -2.50. The van der Waals surface area contributed by atoms with E-state index in [0.29, 0.717) is 37.8 Å². The summed E-state index contributed by atoms with van der Waals surface area (Å²) in [5, 5.41) is 0. The summed E-state index contributed by atoms with van der Waals surface area (Å²) < 4.78 is 11.9. The van der Waals surface area contributed by atoms with Gasteiger partial charge in [0.05, 0.1) is 26.3 Å². The highest BCUT2D eigenvalue weighted by Gasteiger charge is 2.54. The van der Waals surface area contributed by atoms with Gasteiger partial charge in [-0.05, 0) is 36.2 Å². The SMILES string of the molecule is O=C(c1ccncc1)N1CC2(C1)OCCC2COCc1ccncc1. The second-order valence-electron chi connectivity index (χ2n) is 6.67. The lowest BCUT2D eigenvalue weighted by molar-refractivity contribution is -0.129. The third-order valence-corrected chi connectivity index (χ3v) is 5.07. The molecule has 130 valence electrons. The maximum Gasteiger partial charge on any atom is 0.254 e. The fourth-order valence-corrected chi connectivity index (χ4v) is 3.59. The molecule has 2 aliphatic rings. The van der Waals surface area contributed by atoms with E-state index in [-0.39, 0.29) is 11.5 Å². The van der Waals surface area contributed by atoms with Crippen molar-refractivity contribution in [3.8, 4) is 0 Å². The Morgan fingerprint density at radius 3 is 2.56 bits per heavy atom. The Hall–Kier alpha value is -2.31. The van der Waals surface area contributed by atoms with Gasteiger partial charge in [-0.25, -0.2) is 0 Å². The number of aromatic nitrogens is 2. The average Bonchev–Trinajstić information content (AvgIpc) is 3.05. The molecule has 2 fully saturated rings. The Kier molecular flexibility index (Phi) is 4.46. The van der Waals surface area contributed by atoms with Gasteiger partial charge < -0.3 is 14.4 Å². The standard InChI is InChI=1S/C19H21N3O3/c23-18(16-3-8-21-9-4-16)22-13-19(14-22)17(5-10-25-19)12-24-11-15-1-6-20-7-2-15/h1-4,6-9,17H,5,10-14H2. The molecule has 0 N–H and O–H groups in total. The first kappa shape index (κ1) is 16.2. The van der Waals surface area contributed by atoms with Gasteiger partial charge >= 0.3 is 0 Å². The zero-order valence-corrected chi connectivity index (χ0v) is 14.0. The van der Waals surface area contributed by atoms with Crippen molar-refractivity contribution in [2.24, 2.45) is 5.92 Å². The number of amides is 1. The van der Waals surface area contributed by atoms with E-state index in [9.17, 15) is 4.79 Å². The lowest BCUT2D eigenvalue weighted by Crippen LogP contribution is -2.66. The van der Waals surface area contributed by atoms with Crippen molar-refractivity contribution >= 4 is 5.91 Å². The van der Waals surface area contributed by atoms with Crippen LogP contribution < -0.4 is 0 Å². The van der Waals surface area contributed by atoms with Gasteiger partial charge in [0.25, 0.3) is 5.91 Å². The van der Waals surface area contributed by atoms with Crippen LogP contribution in [0.2, 0.25) is 0 Å². The maximum atomic E-state index is 12.5. The van der Waals surface area contributed by atoms with E-state index in [0.717, 1.165) is 18.6 Å². The molecule has 1 amide bonds. The van der Waals surface area contributed by atoms with Crippen molar-refractivity contribution in [1.82, 2.24) is 14.9 Å². The Bertz CT molecular complexity index is 717. The Labute approximate surface area is 146 Å². The van der Waals surface area contributed by atoms with Crippen LogP contribution in [-0.2, 0) is 16.1 Å². The third-order valence-electron chi connectivity index (χ3n) is 5.07. The molecule has 0 radical (unpaired) electrons. The lowest BCUT2D eigenvalue weighted by atomic mass is 9.81. The summed E-state index contributed by atoms with van der Waals surface area (Å²) in [6.07, 6.45) is 7.81. The third kappa shape index (κ3) is 3.27. The molecule has 0 bridgehead atoms. The Morgan fingerprint density at radius 2 is 1.84 bits per heavy atom. The van der Waals surface area contributed by atoms with Crippen molar-refractivity contribution in [3.63, 3.8) is 0 Å². The van der Waals surface area contributed by atoms with Crippen LogP contribution in [0.15, 0.2) is 49.1 Å². The summed E-state index contributed by atoms with van der Waals surface area (Å²) >= 11 is 0. The van der Waals surface area contributed by atoms with E-state index in [1.54, 1.807) is 36.9 Å². The molecule has 2 aliphatic heterocycles. The molecule has 6 heteroatoms. The predicted octanol–water partition coefficient (Wildman–Crippen LogP) is 1.92. The van der Waals surface area contributed by atoms with Gasteiger partial charge in [0.2, 0.25) is 0 Å². The summed E-state index contributed by atoms with van der Waals surface area (Å²) in [6, 6.07) is 7.41. The summed E-state index contributed by atoms with van der Waals surface area (Å²) in [4.78, 5) is 22.3. The van der Waals surface area contributed by atoms with E-state index >= 15 is 0 Å². The van der Waals surface area contributed by atoms with Crippen molar-refractivity contribution in [2.75, 3.05) is 26.3 Å². The first-order valence-electron chi connectivity index (χ1n) is 8.57. The number of nitrogens with zero attached hydrogens (tertiary/aromatic N) is 3. The smallest absolute Gasteiger partial charge is 0.254 e. The van der Waals surface area contributed by atoms with Crippen LogP contribution >= 0.6 is 0 Å². The number of rotatable bonds is 5. The first-order chi connectivity index (χ1) is 12.3. The Balaban J connectivity index is 1.31. The largest absolute Gasteiger partial charge is 0.376 e. The average molecular weight is 339 g/mol. The molecule has 1 unspecified atom stereocenters. The summed E-state index contributed by atoms with van der Waals surface area (Å²) in [5.74, 6) is 0.371. The Morgan fingerprint density at radius 1 is 1.16 bits per heavy atom. The van der Waals surface area contributed by atoms with Crippen LogP contribution in [0.25, 0.3) is 0 Å². The van der Waals surface area contributed by atoms with Gasteiger partial charge in [-0.1, -0.05) is 0 Å². The van der Waals surface area contributed by atoms with Crippen molar-refractivity contribution < 1.29 is 14.3 Å². The van der Waals surface area contributed by atoms with Crippen LogP contribution in [0, 0.1) is 5.92 Å². The van der Waals surface area contributed by atoms with Gasteiger partial charge in [0.1, 0.15) is 5.60 Å². The minimum absolute atomic E-state index is 0.0416. The fraction of sp³-hybridized carbons (Fsp3) is 0.421. The van der Waals surface area contributed by atoms with Crippen molar-refractivity contribution in [3.05, 3.63) is 60.2 Å². The molecular formula is C19H21N3O3. The van der Waals surface area contributed by atoms with Crippen LogP contribution in [0.5, 0.6) is 0 Å². The molecule has 25 heavy (non-hydrogen) atoms. The minimum Gasteiger partial charge on any atom is -0.376 e. The minimum atomic E-state index is -0.235. The summed E-state index contributed by atoms with van der Waals surface area (Å²) in [7, 11) is 0. The van der Waals surface area contributed by atoms with Crippen LogP contribution in [0.1, 0.15) is 22.3 Å². The number of hydrogen-bond acceptors (Lipinski definition) is 5. The van der Waals surface area contributed by atoms with Gasteiger partial charge in [-0.2, -0.15) is 0 Å². The van der Waals surface area contributed by atoms with Gasteiger partial charge in [0.15, 0.2) is 0 Å². The summed E-state index contributed by atoms with van der Waals surface area (Å²) in [6.45, 7) is 3.24. The molecule has 0 saturated carbocycles. The van der Waals surface area contributed by atoms with E-state index < -0.39 is 0 Å². The normalized spacial score (nSPS) is 21.3. The topological polar surface area (TPSA) is 64.6 Å². The van der Waals surface area contributed by atoms with E-state index in [2.05, 4.69) is 9.97 Å². The molecule has 2 aromatic heterocycles. The highest BCUT2D eigenvalue weighted by atomic mass is 16.5. The molecule has 0 aromatic carbocycles. The highest BCUT2D eigenvalue weighted by Crippen LogP contribution is 2.40. The zero-order valence-electron chi connectivity index (χ0n) is 14.0. The molecule has 1 spiro atoms. The van der Waals surface area contributed by atoms with Crippen LogP contribution in [0.3, 0.4) is 0 Å². The molecule has 6 nitrogen and oxygen atoms in total. The molecule has 2 aromatic rings. The number of ether oxygens (including phenoxy) is 2. The van der Waals surface area contributed by atoms with Crippen molar-refractivity contribution in [2.45, 2.75) is 18.6 Å². The monoisotopic (exact) mass is 339 g/mol. The van der Waals surface area contributed by atoms with Crippen molar-refractivity contribution in [1.29, 1.82) is 0 Å². The molecule has 4 heterocycles. The number of carbonyl (C=O) groups is 1. The maximum absolute atomic E-state index is 12.5. The molecule has 1 atom stereocenters. The van der Waals surface area contributed by atoms with E-state index in [1.165, 1.54) is 0 Å². The van der Waals surface area contributed by atoms with Gasteiger partial charge in [-0.15, -0.1) is 0 Å². The molecule has 4 rings (SSSR count). The number of pyridine rings is 2. The van der Waals surface area contributed by atoms with E-state index in [1.807, 2.05) is 17.0 Å². The van der Waals surface area contributed by atoms with Crippen LogP contribution in [-0.4, -0.2) is 52.7 Å². The quantitative estimate of drug-likeness (QED) is 0.833. The first-order valence-corrected chi connectivity index (χ1v) is 8.57. The number of hydrogen-bond donors (Lipinski definition) is 0. The number of carbonyl (C=O) groups excluding carboxylic acids is 1. The second kappa shape index (κ2) is 6.90. The summed E-state index contributed by atoms with van der Waals surface area (Å²) in [5.41, 5.74) is 1.56. The van der Waals surface area contributed by atoms with Gasteiger partial charge in [-0.3, -0.25) is 14.8 Å². The highest BCUT2D eigenvalue weighted by molar-refractivity contribution is 5.94.